The molecule has 38 heavy (non-hydrogen) atoms. The van der Waals surface area contributed by atoms with E-state index in [2.05, 4.69) is 0 Å². The monoisotopic (exact) mass is 510 g/mol. The molecule has 6 heteroatoms. The molecule has 0 N–H and O–H groups in total. The van der Waals surface area contributed by atoms with E-state index >= 15 is 0 Å². The number of hydrogen-bond acceptors (Lipinski definition) is 6. The second kappa shape index (κ2) is 13.1. The van der Waals surface area contributed by atoms with E-state index in [1.165, 1.54) is 0 Å². The second-order valence-electron chi connectivity index (χ2n) is 8.37. The van der Waals surface area contributed by atoms with Gasteiger partial charge in [0, 0.05) is 11.1 Å². The largest absolute Gasteiger partial charge is 0.474 e. The molecular formula is C32H30O6. The zero-order chi connectivity index (χ0) is 26.7. The first-order chi connectivity index (χ1) is 18.6. The summed E-state index contributed by atoms with van der Waals surface area (Å²) >= 11 is 0. The molecule has 0 amide bonds. The van der Waals surface area contributed by atoms with Gasteiger partial charge in [-0.3, -0.25) is 0 Å². The molecule has 0 aromatic heterocycles. The zero-order valence-electron chi connectivity index (χ0n) is 21.4. The Balaban J connectivity index is 1.47. The lowest BCUT2D eigenvalue weighted by atomic mass is 10.1. The first-order valence-electron chi connectivity index (χ1n) is 12.6. The fourth-order valence-corrected chi connectivity index (χ4v) is 3.92. The van der Waals surface area contributed by atoms with Gasteiger partial charge in [0.05, 0.1) is 13.2 Å². The number of ether oxygens (including phenoxy) is 4. The van der Waals surface area contributed by atoms with Crippen LogP contribution in [-0.4, -0.2) is 25.2 Å². The van der Waals surface area contributed by atoms with E-state index in [1.807, 2.05) is 109 Å². The van der Waals surface area contributed by atoms with Crippen molar-refractivity contribution < 1.29 is 28.5 Å². The maximum atomic E-state index is 12.5. The lowest BCUT2D eigenvalue weighted by molar-refractivity contribution is -0.152. The fraction of sp³-hybridized carbons (Fsp3) is 0.188. The van der Waals surface area contributed by atoms with Gasteiger partial charge in [-0.15, -0.1) is 0 Å². The SMILES string of the molecule is CCOC(=O)[C@H](Oc1ccc(-c2ccc(O[C@@H](C(=O)OCC)c3ccccc3)cc2)cc1)c1ccccc1. The molecule has 4 aromatic rings. The molecule has 0 aliphatic rings. The van der Waals surface area contributed by atoms with E-state index in [9.17, 15) is 9.59 Å². The van der Waals surface area contributed by atoms with Crippen molar-refractivity contribution >= 4 is 11.9 Å². The second-order valence-corrected chi connectivity index (χ2v) is 8.37. The third kappa shape index (κ3) is 6.79. The number of carbonyl (C=O) groups excluding carboxylic acids is 2. The van der Waals surface area contributed by atoms with Crippen LogP contribution in [0.15, 0.2) is 109 Å². The van der Waals surface area contributed by atoms with Crippen molar-refractivity contribution in [3.05, 3.63) is 120 Å². The highest BCUT2D eigenvalue weighted by Crippen LogP contribution is 2.29. The summed E-state index contributed by atoms with van der Waals surface area (Å²) in [5.41, 5.74) is 3.37. The quantitative estimate of drug-likeness (QED) is 0.209. The van der Waals surface area contributed by atoms with E-state index in [4.69, 9.17) is 18.9 Å². The normalized spacial score (nSPS) is 12.2. The molecule has 0 aliphatic carbocycles. The first kappa shape index (κ1) is 26.5. The molecule has 4 rings (SSSR count). The van der Waals surface area contributed by atoms with E-state index in [0.717, 1.165) is 22.3 Å². The maximum Gasteiger partial charge on any atom is 0.352 e. The Labute approximate surface area is 222 Å². The van der Waals surface area contributed by atoms with Gasteiger partial charge in [0.2, 0.25) is 12.2 Å². The maximum absolute atomic E-state index is 12.5. The molecule has 0 radical (unpaired) electrons. The van der Waals surface area contributed by atoms with Gasteiger partial charge in [0.25, 0.3) is 0 Å². The summed E-state index contributed by atoms with van der Waals surface area (Å²) in [6.07, 6.45) is -1.70. The van der Waals surface area contributed by atoms with E-state index in [1.54, 1.807) is 13.8 Å². The minimum absolute atomic E-state index is 0.274. The highest BCUT2D eigenvalue weighted by molar-refractivity contribution is 5.77. The summed E-state index contributed by atoms with van der Waals surface area (Å²) in [4.78, 5) is 25.1. The molecule has 6 nitrogen and oxygen atoms in total. The zero-order valence-corrected chi connectivity index (χ0v) is 21.4. The van der Waals surface area contributed by atoms with Gasteiger partial charge in [-0.2, -0.15) is 0 Å². The fourth-order valence-electron chi connectivity index (χ4n) is 3.92. The Morgan fingerprint density at radius 2 is 0.868 bits per heavy atom. The van der Waals surface area contributed by atoms with Crippen LogP contribution in [0.1, 0.15) is 37.2 Å². The molecule has 0 heterocycles. The first-order valence-corrected chi connectivity index (χ1v) is 12.6. The van der Waals surface area contributed by atoms with Crippen LogP contribution < -0.4 is 9.47 Å². The number of hydrogen-bond donors (Lipinski definition) is 0. The molecule has 0 saturated heterocycles. The molecule has 0 spiro atoms. The van der Waals surface area contributed by atoms with Crippen molar-refractivity contribution in [2.45, 2.75) is 26.1 Å². The summed E-state index contributed by atoms with van der Waals surface area (Å²) in [5, 5.41) is 0. The molecule has 0 fully saturated rings. The lowest BCUT2D eigenvalue weighted by Gasteiger charge is -2.19. The van der Waals surface area contributed by atoms with Gasteiger partial charge in [-0.1, -0.05) is 84.9 Å². The molecule has 0 unspecified atom stereocenters. The molecule has 0 bridgehead atoms. The van der Waals surface area contributed by atoms with Gasteiger partial charge >= 0.3 is 11.9 Å². The van der Waals surface area contributed by atoms with Crippen molar-refractivity contribution in [3.63, 3.8) is 0 Å². The summed E-state index contributed by atoms with van der Waals surface area (Å²) in [7, 11) is 0. The van der Waals surface area contributed by atoms with E-state index in [-0.39, 0.29) is 13.2 Å². The third-order valence-corrected chi connectivity index (χ3v) is 5.76. The highest BCUT2D eigenvalue weighted by atomic mass is 16.6. The van der Waals surface area contributed by atoms with E-state index < -0.39 is 24.1 Å². The van der Waals surface area contributed by atoms with Gasteiger partial charge in [-0.25, -0.2) is 9.59 Å². The Hall–Kier alpha value is -4.58. The molecule has 2 atom stereocenters. The van der Waals surface area contributed by atoms with Gasteiger partial charge in [0.1, 0.15) is 11.5 Å². The Bertz CT molecular complexity index is 1200. The van der Waals surface area contributed by atoms with Gasteiger partial charge in [-0.05, 0) is 49.2 Å². The topological polar surface area (TPSA) is 71.1 Å². The molecule has 0 saturated carbocycles. The van der Waals surface area contributed by atoms with Crippen LogP contribution in [0.4, 0.5) is 0 Å². The van der Waals surface area contributed by atoms with Crippen molar-refractivity contribution in [1.82, 2.24) is 0 Å². The van der Waals surface area contributed by atoms with Crippen molar-refractivity contribution in [3.8, 4) is 22.6 Å². The molecular weight excluding hydrogens is 480 g/mol. The average molecular weight is 511 g/mol. The standard InChI is InChI=1S/C32H30O6/c1-3-35-31(33)29(25-11-7-5-8-12-25)37-27-19-15-23(16-20-27)24-17-21-28(22-18-24)38-30(32(34)36-4-2)26-13-9-6-10-14-26/h5-22,29-30H,3-4H2,1-2H3/t29-,30-/m1/s1. The van der Waals surface area contributed by atoms with Crippen molar-refractivity contribution in [2.75, 3.05) is 13.2 Å². The van der Waals surface area contributed by atoms with Gasteiger partial charge in [0.15, 0.2) is 0 Å². The van der Waals surface area contributed by atoms with Crippen LogP contribution in [0.2, 0.25) is 0 Å². The number of esters is 2. The lowest BCUT2D eigenvalue weighted by Crippen LogP contribution is -2.21. The van der Waals surface area contributed by atoms with Crippen LogP contribution in [0, 0.1) is 0 Å². The third-order valence-electron chi connectivity index (χ3n) is 5.76. The van der Waals surface area contributed by atoms with E-state index in [0.29, 0.717) is 11.5 Å². The number of carbonyl (C=O) groups is 2. The minimum Gasteiger partial charge on any atom is -0.474 e. The number of benzene rings is 4. The average Bonchev–Trinajstić information content (AvgIpc) is 2.96. The van der Waals surface area contributed by atoms with Crippen LogP contribution in [0.3, 0.4) is 0 Å². The van der Waals surface area contributed by atoms with Crippen LogP contribution >= 0.6 is 0 Å². The predicted octanol–water partition coefficient (Wildman–Crippen LogP) is 6.72. The Morgan fingerprint density at radius 3 is 1.18 bits per heavy atom. The predicted molar refractivity (Wildman–Crippen MR) is 145 cm³/mol. The van der Waals surface area contributed by atoms with Crippen LogP contribution in [0.25, 0.3) is 11.1 Å². The molecule has 194 valence electrons. The Kier molecular flexibility index (Phi) is 9.13. The smallest absolute Gasteiger partial charge is 0.352 e. The van der Waals surface area contributed by atoms with Crippen molar-refractivity contribution in [2.24, 2.45) is 0 Å². The number of rotatable bonds is 11. The minimum atomic E-state index is -0.851. The summed E-state index contributed by atoms with van der Waals surface area (Å²) < 4.78 is 22.5. The van der Waals surface area contributed by atoms with Crippen LogP contribution in [-0.2, 0) is 19.1 Å². The summed E-state index contributed by atoms with van der Waals surface area (Å²) in [6, 6.07) is 33.5. The highest BCUT2D eigenvalue weighted by Gasteiger charge is 2.25. The summed E-state index contributed by atoms with van der Waals surface area (Å²) in [6.45, 7) is 4.08. The molecule has 0 aliphatic heterocycles. The Morgan fingerprint density at radius 1 is 0.526 bits per heavy atom. The van der Waals surface area contributed by atoms with Crippen molar-refractivity contribution in [1.29, 1.82) is 0 Å². The van der Waals surface area contributed by atoms with Crippen LogP contribution in [0.5, 0.6) is 11.5 Å². The van der Waals surface area contributed by atoms with Gasteiger partial charge < -0.3 is 18.9 Å². The molecule has 4 aromatic carbocycles. The summed E-state index contributed by atoms with van der Waals surface area (Å²) in [5.74, 6) is 0.233.